The second-order valence-electron chi connectivity index (χ2n) is 4.19. The first-order chi connectivity index (χ1) is 10.1. The van der Waals surface area contributed by atoms with Crippen molar-refractivity contribution in [2.75, 3.05) is 0 Å². The van der Waals surface area contributed by atoms with Crippen LogP contribution >= 0.6 is 11.6 Å². The van der Waals surface area contributed by atoms with E-state index in [1.165, 1.54) is 18.4 Å². The number of nitrogens with one attached hydrogen (secondary N) is 2. The molecule has 0 aliphatic heterocycles. The highest BCUT2D eigenvalue weighted by Crippen LogP contribution is 2.09. The Kier molecular flexibility index (Phi) is 5.17. The Hall–Kier alpha value is -2.53. The molecule has 2 aromatic rings. The molecule has 0 bridgehead atoms. The maximum Gasteiger partial charge on any atom is 0.262 e. The van der Waals surface area contributed by atoms with Gasteiger partial charge in [-0.1, -0.05) is 23.7 Å². The standard InChI is InChI=1S/C15H13ClN2O3/c16-12-5-3-11(4-6-12)10-15(20)18-17-14(19)8-7-13-2-1-9-21-13/h1-9H,10H2,(H,17,19)(H,18,20)/b8-7+. The van der Waals surface area contributed by atoms with Crippen molar-refractivity contribution in [1.29, 1.82) is 0 Å². The van der Waals surface area contributed by atoms with Crippen LogP contribution in [0.1, 0.15) is 11.3 Å². The normalized spacial score (nSPS) is 10.5. The molecule has 0 spiro atoms. The lowest BCUT2D eigenvalue weighted by molar-refractivity contribution is -0.126. The summed E-state index contributed by atoms with van der Waals surface area (Å²) in [5.41, 5.74) is 5.41. The van der Waals surface area contributed by atoms with E-state index in [2.05, 4.69) is 10.9 Å². The molecule has 2 N–H and O–H groups in total. The summed E-state index contributed by atoms with van der Waals surface area (Å²) in [7, 11) is 0. The Bertz CT molecular complexity index is 633. The van der Waals surface area contributed by atoms with Crippen molar-refractivity contribution in [3.8, 4) is 0 Å². The van der Waals surface area contributed by atoms with Gasteiger partial charge < -0.3 is 4.42 Å². The predicted octanol–water partition coefficient (Wildman–Crippen LogP) is 2.34. The number of carbonyl (C=O) groups is 2. The van der Waals surface area contributed by atoms with E-state index < -0.39 is 5.91 Å². The van der Waals surface area contributed by atoms with Gasteiger partial charge in [-0.05, 0) is 35.9 Å². The van der Waals surface area contributed by atoms with E-state index in [0.717, 1.165) is 5.56 Å². The van der Waals surface area contributed by atoms with Gasteiger partial charge in [-0.25, -0.2) is 0 Å². The van der Waals surface area contributed by atoms with Gasteiger partial charge in [-0.2, -0.15) is 0 Å². The molecular weight excluding hydrogens is 292 g/mol. The number of benzene rings is 1. The summed E-state index contributed by atoms with van der Waals surface area (Å²) in [6.45, 7) is 0. The molecule has 6 heteroatoms. The average Bonchev–Trinajstić information content (AvgIpc) is 2.99. The molecule has 0 atom stereocenters. The molecule has 2 amide bonds. The first kappa shape index (κ1) is 14.9. The van der Waals surface area contributed by atoms with Gasteiger partial charge in [0, 0.05) is 11.1 Å². The largest absolute Gasteiger partial charge is 0.465 e. The second kappa shape index (κ2) is 7.31. The molecule has 2 rings (SSSR count). The van der Waals surface area contributed by atoms with Crippen LogP contribution in [0.5, 0.6) is 0 Å². The fourth-order valence-corrected chi connectivity index (χ4v) is 1.67. The zero-order chi connectivity index (χ0) is 15.1. The molecule has 1 heterocycles. The maximum atomic E-state index is 11.6. The molecule has 0 aliphatic rings. The second-order valence-corrected chi connectivity index (χ2v) is 4.63. The van der Waals surface area contributed by atoms with E-state index in [1.54, 1.807) is 36.4 Å². The number of rotatable bonds is 4. The molecule has 0 saturated carbocycles. The summed E-state index contributed by atoms with van der Waals surface area (Å²) in [5, 5.41) is 0.607. The number of carbonyl (C=O) groups excluding carboxylic acids is 2. The highest BCUT2D eigenvalue weighted by Gasteiger charge is 2.04. The van der Waals surface area contributed by atoms with Gasteiger partial charge in [0.2, 0.25) is 5.91 Å². The predicted molar refractivity (Wildman–Crippen MR) is 79.2 cm³/mol. The van der Waals surface area contributed by atoms with Gasteiger partial charge in [-0.15, -0.1) is 0 Å². The molecule has 1 aromatic heterocycles. The van der Waals surface area contributed by atoms with Crippen LogP contribution in [-0.2, 0) is 16.0 Å². The molecule has 0 radical (unpaired) electrons. The Balaban J connectivity index is 1.75. The summed E-state index contributed by atoms with van der Waals surface area (Å²) >= 11 is 5.76. The highest BCUT2D eigenvalue weighted by atomic mass is 35.5. The minimum Gasteiger partial charge on any atom is -0.465 e. The summed E-state index contributed by atoms with van der Waals surface area (Å²) in [6.07, 6.45) is 4.42. The van der Waals surface area contributed by atoms with Gasteiger partial charge >= 0.3 is 0 Å². The van der Waals surface area contributed by atoms with Gasteiger partial charge in [-0.3, -0.25) is 20.4 Å². The molecule has 5 nitrogen and oxygen atoms in total. The zero-order valence-corrected chi connectivity index (χ0v) is 11.8. The van der Waals surface area contributed by atoms with Crippen LogP contribution in [0.15, 0.2) is 53.2 Å². The number of hydrazine groups is 1. The van der Waals surface area contributed by atoms with Crippen LogP contribution in [0.2, 0.25) is 5.02 Å². The molecule has 0 unspecified atom stereocenters. The van der Waals surface area contributed by atoms with E-state index in [9.17, 15) is 9.59 Å². The van der Waals surface area contributed by atoms with E-state index in [1.807, 2.05) is 0 Å². The zero-order valence-electron chi connectivity index (χ0n) is 11.0. The molecule has 0 saturated heterocycles. The topological polar surface area (TPSA) is 71.3 Å². The first-order valence-electron chi connectivity index (χ1n) is 6.18. The summed E-state index contributed by atoms with van der Waals surface area (Å²) in [5.74, 6) is -0.217. The maximum absolute atomic E-state index is 11.6. The minimum atomic E-state index is -0.448. The number of furan rings is 1. The van der Waals surface area contributed by atoms with Crippen LogP contribution in [0.3, 0.4) is 0 Å². The van der Waals surface area contributed by atoms with Crippen molar-refractivity contribution in [2.24, 2.45) is 0 Å². The van der Waals surface area contributed by atoms with E-state index in [0.29, 0.717) is 10.8 Å². The van der Waals surface area contributed by atoms with Gasteiger partial charge in [0.1, 0.15) is 5.76 Å². The molecule has 1 aromatic carbocycles. The molecule has 108 valence electrons. The number of hydrogen-bond donors (Lipinski definition) is 2. The third-order valence-corrected chi connectivity index (χ3v) is 2.80. The Labute approximate surface area is 126 Å². The fourth-order valence-electron chi connectivity index (χ4n) is 1.55. The van der Waals surface area contributed by atoms with Crippen molar-refractivity contribution in [1.82, 2.24) is 10.9 Å². The van der Waals surface area contributed by atoms with Crippen LogP contribution in [0.25, 0.3) is 6.08 Å². The summed E-state index contributed by atoms with van der Waals surface area (Å²) in [6, 6.07) is 10.3. The number of amides is 2. The first-order valence-corrected chi connectivity index (χ1v) is 6.56. The summed E-state index contributed by atoms with van der Waals surface area (Å²) in [4.78, 5) is 23.1. The Morgan fingerprint density at radius 3 is 2.57 bits per heavy atom. The quantitative estimate of drug-likeness (QED) is 0.673. The number of hydrogen-bond acceptors (Lipinski definition) is 3. The van der Waals surface area contributed by atoms with Crippen LogP contribution in [0.4, 0.5) is 0 Å². The van der Waals surface area contributed by atoms with E-state index in [4.69, 9.17) is 16.0 Å². The molecule has 0 aliphatic carbocycles. The SMILES string of the molecule is O=C(/C=C/c1ccco1)NNC(=O)Cc1ccc(Cl)cc1. The van der Waals surface area contributed by atoms with Crippen molar-refractivity contribution in [2.45, 2.75) is 6.42 Å². The smallest absolute Gasteiger partial charge is 0.262 e. The molecule has 0 fully saturated rings. The number of halogens is 1. The van der Waals surface area contributed by atoms with Crippen LogP contribution in [-0.4, -0.2) is 11.8 Å². The van der Waals surface area contributed by atoms with Gasteiger partial charge in [0.15, 0.2) is 0 Å². The highest BCUT2D eigenvalue weighted by molar-refractivity contribution is 6.30. The minimum absolute atomic E-state index is 0.152. The van der Waals surface area contributed by atoms with Crippen LogP contribution in [0, 0.1) is 0 Å². The van der Waals surface area contributed by atoms with Crippen molar-refractivity contribution < 1.29 is 14.0 Å². The van der Waals surface area contributed by atoms with Crippen molar-refractivity contribution >= 4 is 29.5 Å². The Morgan fingerprint density at radius 1 is 1.14 bits per heavy atom. The van der Waals surface area contributed by atoms with Crippen molar-refractivity contribution in [3.63, 3.8) is 0 Å². The lowest BCUT2D eigenvalue weighted by Crippen LogP contribution is -2.41. The third kappa shape index (κ3) is 5.16. The third-order valence-electron chi connectivity index (χ3n) is 2.55. The van der Waals surface area contributed by atoms with Crippen molar-refractivity contribution in [3.05, 3.63) is 65.1 Å². The van der Waals surface area contributed by atoms with Crippen LogP contribution < -0.4 is 10.9 Å². The van der Waals surface area contributed by atoms with E-state index in [-0.39, 0.29) is 12.3 Å². The monoisotopic (exact) mass is 304 g/mol. The summed E-state index contributed by atoms with van der Waals surface area (Å²) < 4.78 is 5.03. The van der Waals surface area contributed by atoms with E-state index >= 15 is 0 Å². The Morgan fingerprint density at radius 2 is 1.90 bits per heavy atom. The van der Waals surface area contributed by atoms with Gasteiger partial charge in [0.05, 0.1) is 12.7 Å². The average molecular weight is 305 g/mol. The molecule has 21 heavy (non-hydrogen) atoms. The fraction of sp³-hybridized carbons (Fsp3) is 0.0667. The molecular formula is C15H13ClN2O3. The lowest BCUT2D eigenvalue weighted by atomic mass is 10.1. The lowest BCUT2D eigenvalue weighted by Gasteiger charge is -2.05. The van der Waals surface area contributed by atoms with Gasteiger partial charge in [0.25, 0.3) is 5.91 Å².